The SMILES string of the molecule is CCCNC(c1cnc(C)cn1)C(C)CC. The Bertz CT molecular complexity index is 295. The lowest BCUT2D eigenvalue weighted by molar-refractivity contribution is 0.369. The molecular formula is C13H23N3. The van der Waals surface area contributed by atoms with Crippen LogP contribution in [0.4, 0.5) is 0 Å². The van der Waals surface area contributed by atoms with Crippen LogP contribution in [-0.4, -0.2) is 16.5 Å². The van der Waals surface area contributed by atoms with Gasteiger partial charge in [-0.3, -0.25) is 9.97 Å². The monoisotopic (exact) mass is 221 g/mol. The van der Waals surface area contributed by atoms with Crippen LogP contribution in [0.25, 0.3) is 0 Å². The van der Waals surface area contributed by atoms with E-state index in [4.69, 9.17) is 0 Å². The van der Waals surface area contributed by atoms with Crippen molar-refractivity contribution >= 4 is 0 Å². The zero-order valence-electron chi connectivity index (χ0n) is 10.8. The van der Waals surface area contributed by atoms with Crippen LogP contribution in [0.5, 0.6) is 0 Å². The maximum absolute atomic E-state index is 4.48. The lowest BCUT2D eigenvalue weighted by Gasteiger charge is -2.23. The quantitative estimate of drug-likeness (QED) is 0.802. The molecule has 0 aromatic carbocycles. The molecule has 2 unspecified atom stereocenters. The summed E-state index contributed by atoms with van der Waals surface area (Å²) in [6.45, 7) is 9.66. The molecule has 0 bridgehead atoms. The molecule has 1 aromatic rings. The Kier molecular flexibility index (Phi) is 5.39. The van der Waals surface area contributed by atoms with Gasteiger partial charge in [0.05, 0.1) is 23.6 Å². The van der Waals surface area contributed by atoms with Crippen LogP contribution < -0.4 is 5.32 Å². The Morgan fingerprint density at radius 3 is 2.50 bits per heavy atom. The fourth-order valence-electron chi connectivity index (χ4n) is 1.70. The van der Waals surface area contributed by atoms with Crippen LogP contribution >= 0.6 is 0 Å². The minimum Gasteiger partial charge on any atom is -0.308 e. The van der Waals surface area contributed by atoms with Crippen molar-refractivity contribution in [2.75, 3.05) is 6.54 Å². The van der Waals surface area contributed by atoms with E-state index >= 15 is 0 Å². The lowest BCUT2D eigenvalue weighted by atomic mass is 9.96. The van der Waals surface area contributed by atoms with Gasteiger partial charge in [-0.15, -0.1) is 0 Å². The number of hydrogen-bond acceptors (Lipinski definition) is 3. The van der Waals surface area contributed by atoms with Gasteiger partial charge in [-0.05, 0) is 25.8 Å². The van der Waals surface area contributed by atoms with Gasteiger partial charge in [0.15, 0.2) is 0 Å². The summed E-state index contributed by atoms with van der Waals surface area (Å²) in [6.07, 6.45) is 6.04. The summed E-state index contributed by atoms with van der Waals surface area (Å²) in [7, 11) is 0. The van der Waals surface area contributed by atoms with E-state index in [0.29, 0.717) is 12.0 Å². The van der Waals surface area contributed by atoms with Crippen molar-refractivity contribution in [3.63, 3.8) is 0 Å². The number of aromatic nitrogens is 2. The van der Waals surface area contributed by atoms with Crippen LogP contribution in [0.15, 0.2) is 12.4 Å². The number of nitrogens with zero attached hydrogens (tertiary/aromatic N) is 2. The Balaban J connectivity index is 2.78. The Hall–Kier alpha value is -0.960. The highest BCUT2D eigenvalue weighted by molar-refractivity contribution is 5.06. The van der Waals surface area contributed by atoms with Crippen molar-refractivity contribution in [3.05, 3.63) is 23.8 Å². The van der Waals surface area contributed by atoms with E-state index < -0.39 is 0 Å². The van der Waals surface area contributed by atoms with Crippen molar-refractivity contribution in [1.82, 2.24) is 15.3 Å². The largest absolute Gasteiger partial charge is 0.308 e. The minimum atomic E-state index is 0.332. The zero-order valence-corrected chi connectivity index (χ0v) is 10.8. The number of hydrogen-bond donors (Lipinski definition) is 1. The second kappa shape index (κ2) is 6.59. The van der Waals surface area contributed by atoms with Crippen LogP contribution in [-0.2, 0) is 0 Å². The third-order valence-electron chi connectivity index (χ3n) is 2.95. The van der Waals surface area contributed by atoms with Crippen molar-refractivity contribution in [1.29, 1.82) is 0 Å². The Labute approximate surface area is 98.7 Å². The molecule has 0 radical (unpaired) electrons. The first-order valence-corrected chi connectivity index (χ1v) is 6.21. The maximum atomic E-state index is 4.48. The molecule has 3 nitrogen and oxygen atoms in total. The van der Waals surface area contributed by atoms with Gasteiger partial charge in [-0.1, -0.05) is 27.2 Å². The molecule has 0 fully saturated rings. The number of nitrogens with one attached hydrogen (secondary N) is 1. The first-order chi connectivity index (χ1) is 7.69. The Morgan fingerprint density at radius 1 is 1.25 bits per heavy atom. The summed E-state index contributed by atoms with van der Waals surface area (Å²) >= 11 is 0. The van der Waals surface area contributed by atoms with Gasteiger partial charge in [0.2, 0.25) is 0 Å². The predicted molar refractivity (Wildman–Crippen MR) is 67.3 cm³/mol. The minimum absolute atomic E-state index is 0.332. The lowest BCUT2D eigenvalue weighted by Crippen LogP contribution is -2.28. The van der Waals surface area contributed by atoms with E-state index in [-0.39, 0.29) is 0 Å². The third kappa shape index (κ3) is 3.56. The molecule has 0 aliphatic heterocycles. The molecule has 0 aliphatic carbocycles. The van der Waals surface area contributed by atoms with Gasteiger partial charge < -0.3 is 5.32 Å². The molecule has 0 saturated heterocycles. The topological polar surface area (TPSA) is 37.8 Å². The molecule has 0 spiro atoms. The molecular weight excluding hydrogens is 198 g/mol. The van der Waals surface area contributed by atoms with Crippen LogP contribution in [0.3, 0.4) is 0 Å². The van der Waals surface area contributed by atoms with E-state index in [1.54, 1.807) is 0 Å². The first-order valence-electron chi connectivity index (χ1n) is 6.21. The number of rotatable bonds is 6. The summed E-state index contributed by atoms with van der Waals surface area (Å²) in [6, 6.07) is 0.332. The fourth-order valence-corrected chi connectivity index (χ4v) is 1.70. The third-order valence-corrected chi connectivity index (χ3v) is 2.95. The highest BCUT2D eigenvalue weighted by atomic mass is 15.0. The molecule has 2 atom stereocenters. The van der Waals surface area contributed by atoms with E-state index in [1.165, 1.54) is 0 Å². The normalized spacial score (nSPS) is 14.8. The molecule has 0 saturated carbocycles. The summed E-state index contributed by atoms with van der Waals surface area (Å²) in [5, 5.41) is 3.55. The van der Waals surface area contributed by atoms with E-state index in [2.05, 4.69) is 36.1 Å². The summed E-state index contributed by atoms with van der Waals surface area (Å²) in [5.41, 5.74) is 2.04. The van der Waals surface area contributed by atoms with Crippen molar-refractivity contribution in [3.8, 4) is 0 Å². The van der Waals surface area contributed by atoms with Gasteiger partial charge in [0, 0.05) is 6.20 Å². The summed E-state index contributed by atoms with van der Waals surface area (Å²) < 4.78 is 0. The molecule has 1 rings (SSSR count). The van der Waals surface area contributed by atoms with Crippen molar-refractivity contribution in [2.45, 2.75) is 46.6 Å². The molecule has 0 amide bonds. The smallest absolute Gasteiger partial charge is 0.0759 e. The molecule has 90 valence electrons. The predicted octanol–water partition coefficient (Wildman–Crippen LogP) is 2.87. The average Bonchev–Trinajstić information content (AvgIpc) is 2.31. The van der Waals surface area contributed by atoms with Crippen molar-refractivity contribution in [2.24, 2.45) is 5.92 Å². The highest BCUT2D eigenvalue weighted by Crippen LogP contribution is 2.22. The zero-order chi connectivity index (χ0) is 12.0. The Morgan fingerprint density at radius 2 is 2.00 bits per heavy atom. The molecule has 1 heterocycles. The van der Waals surface area contributed by atoms with Gasteiger partial charge >= 0.3 is 0 Å². The second-order valence-corrected chi connectivity index (χ2v) is 4.40. The molecule has 1 aromatic heterocycles. The van der Waals surface area contributed by atoms with Gasteiger partial charge in [0.25, 0.3) is 0 Å². The fraction of sp³-hybridized carbons (Fsp3) is 0.692. The van der Waals surface area contributed by atoms with Crippen LogP contribution in [0, 0.1) is 12.8 Å². The maximum Gasteiger partial charge on any atom is 0.0759 e. The molecule has 0 aliphatic rings. The van der Waals surface area contributed by atoms with Crippen molar-refractivity contribution < 1.29 is 0 Å². The highest BCUT2D eigenvalue weighted by Gasteiger charge is 2.18. The van der Waals surface area contributed by atoms with Gasteiger partial charge in [-0.2, -0.15) is 0 Å². The standard InChI is InChI=1S/C13H23N3/c1-5-7-14-13(10(3)6-2)12-9-15-11(4)8-16-12/h8-10,13-14H,5-7H2,1-4H3. The number of aryl methyl sites for hydroxylation is 1. The van der Waals surface area contributed by atoms with Crippen LogP contribution in [0.1, 0.15) is 51.0 Å². The molecule has 1 N–H and O–H groups in total. The van der Waals surface area contributed by atoms with Gasteiger partial charge in [-0.25, -0.2) is 0 Å². The van der Waals surface area contributed by atoms with E-state index in [1.807, 2.05) is 19.3 Å². The van der Waals surface area contributed by atoms with E-state index in [0.717, 1.165) is 30.8 Å². The first kappa shape index (κ1) is 13.1. The average molecular weight is 221 g/mol. The summed E-state index contributed by atoms with van der Waals surface area (Å²) in [5.74, 6) is 0.587. The van der Waals surface area contributed by atoms with E-state index in [9.17, 15) is 0 Å². The van der Waals surface area contributed by atoms with Crippen LogP contribution in [0.2, 0.25) is 0 Å². The molecule has 16 heavy (non-hydrogen) atoms. The second-order valence-electron chi connectivity index (χ2n) is 4.40. The van der Waals surface area contributed by atoms with Gasteiger partial charge in [0.1, 0.15) is 0 Å². The summed E-state index contributed by atoms with van der Waals surface area (Å²) in [4.78, 5) is 8.80. The molecule has 3 heteroatoms.